The maximum absolute atomic E-state index is 12.2. The van der Waals surface area contributed by atoms with Crippen LogP contribution in [-0.4, -0.2) is 29.0 Å². The van der Waals surface area contributed by atoms with Crippen molar-refractivity contribution in [2.24, 2.45) is 5.10 Å². The molecule has 0 fully saturated rings. The van der Waals surface area contributed by atoms with Crippen molar-refractivity contribution in [2.45, 2.75) is 6.54 Å². The fourth-order valence-electron chi connectivity index (χ4n) is 2.42. The second kappa shape index (κ2) is 9.23. The second-order valence-corrected chi connectivity index (χ2v) is 7.48. The van der Waals surface area contributed by atoms with Crippen LogP contribution in [0.4, 0.5) is 0 Å². The average Bonchev–Trinajstić information content (AvgIpc) is 3.13. The lowest BCUT2D eigenvalue weighted by atomic mass is 10.2. The molecule has 0 bridgehead atoms. The standard InChI is InChI=1S/C19H15BrCl2N4O2/c1-28-18-5-3-14(20)8-13(18)10-23-24-19(27)17-6-7-26(25-17)11-12-2-4-15(21)9-16(12)22/h2-10H,11H2,1H3,(H,24,27)/b23-10+. The van der Waals surface area contributed by atoms with E-state index in [1.807, 2.05) is 18.2 Å². The van der Waals surface area contributed by atoms with Crippen molar-refractivity contribution in [1.29, 1.82) is 0 Å². The average molecular weight is 482 g/mol. The van der Waals surface area contributed by atoms with E-state index in [1.54, 1.807) is 42.3 Å². The number of nitrogens with zero attached hydrogens (tertiary/aromatic N) is 3. The van der Waals surface area contributed by atoms with Gasteiger partial charge in [0.05, 0.1) is 19.9 Å². The lowest BCUT2D eigenvalue weighted by Gasteiger charge is -2.05. The van der Waals surface area contributed by atoms with E-state index in [2.05, 4.69) is 31.6 Å². The highest BCUT2D eigenvalue weighted by molar-refractivity contribution is 9.10. The van der Waals surface area contributed by atoms with Crippen LogP contribution in [0.1, 0.15) is 21.6 Å². The zero-order valence-corrected chi connectivity index (χ0v) is 17.8. The van der Waals surface area contributed by atoms with Gasteiger partial charge >= 0.3 is 0 Å². The molecule has 3 aromatic rings. The maximum Gasteiger partial charge on any atom is 0.291 e. The lowest BCUT2D eigenvalue weighted by Crippen LogP contribution is -2.18. The van der Waals surface area contributed by atoms with Crippen LogP contribution >= 0.6 is 39.1 Å². The summed E-state index contributed by atoms with van der Waals surface area (Å²) in [6, 6.07) is 12.3. The lowest BCUT2D eigenvalue weighted by molar-refractivity contribution is 0.0949. The molecule has 9 heteroatoms. The molecule has 2 aromatic carbocycles. The maximum atomic E-state index is 12.2. The van der Waals surface area contributed by atoms with Gasteiger partial charge in [-0.15, -0.1) is 0 Å². The number of ether oxygens (including phenoxy) is 1. The van der Waals surface area contributed by atoms with Crippen LogP contribution in [0, 0.1) is 0 Å². The Hall–Kier alpha value is -2.35. The van der Waals surface area contributed by atoms with Gasteiger partial charge in [-0.3, -0.25) is 9.48 Å². The van der Waals surface area contributed by atoms with Crippen molar-refractivity contribution in [1.82, 2.24) is 15.2 Å². The van der Waals surface area contributed by atoms with Gasteiger partial charge in [-0.05, 0) is 42.0 Å². The molecule has 1 heterocycles. The Balaban J connectivity index is 1.65. The van der Waals surface area contributed by atoms with Gasteiger partial charge in [0.2, 0.25) is 0 Å². The molecule has 0 atom stereocenters. The summed E-state index contributed by atoms with van der Waals surface area (Å²) in [5, 5.41) is 9.33. The number of carbonyl (C=O) groups is 1. The molecular formula is C19H15BrCl2N4O2. The minimum Gasteiger partial charge on any atom is -0.496 e. The number of halogens is 3. The van der Waals surface area contributed by atoms with E-state index >= 15 is 0 Å². The molecule has 144 valence electrons. The molecule has 3 rings (SSSR count). The molecule has 0 aliphatic rings. The first-order valence-electron chi connectivity index (χ1n) is 8.10. The topological polar surface area (TPSA) is 68.5 Å². The summed E-state index contributed by atoms with van der Waals surface area (Å²) in [4.78, 5) is 12.2. The van der Waals surface area contributed by atoms with E-state index in [1.165, 1.54) is 6.21 Å². The molecule has 0 saturated heterocycles. The van der Waals surface area contributed by atoms with Gasteiger partial charge in [-0.1, -0.05) is 45.2 Å². The third-order valence-electron chi connectivity index (χ3n) is 3.78. The summed E-state index contributed by atoms with van der Waals surface area (Å²) in [6.07, 6.45) is 3.20. The van der Waals surface area contributed by atoms with Crippen LogP contribution in [0.5, 0.6) is 5.75 Å². The molecule has 1 aromatic heterocycles. The summed E-state index contributed by atoms with van der Waals surface area (Å²) in [6.45, 7) is 0.418. The van der Waals surface area contributed by atoms with E-state index in [4.69, 9.17) is 27.9 Å². The molecule has 28 heavy (non-hydrogen) atoms. The number of methoxy groups -OCH3 is 1. The van der Waals surface area contributed by atoms with E-state index < -0.39 is 5.91 Å². The van der Waals surface area contributed by atoms with Gasteiger partial charge < -0.3 is 4.74 Å². The molecule has 1 N–H and O–H groups in total. The third kappa shape index (κ3) is 5.13. The summed E-state index contributed by atoms with van der Waals surface area (Å²) in [5.74, 6) is 0.219. The molecule has 0 spiro atoms. The SMILES string of the molecule is COc1ccc(Br)cc1/C=N/NC(=O)c1ccn(Cc2ccc(Cl)cc2Cl)n1. The molecule has 0 radical (unpaired) electrons. The molecule has 0 aliphatic carbocycles. The Morgan fingerprint density at radius 2 is 2.11 bits per heavy atom. The number of aromatic nitrogens is 2. The van der Waals surface area contributed by atoms with Crippen molar-refractivity contribution < 1.29 is 9.53 Å². The van der Waals surface area contributed by atoms with Crippen molar-refractivity contribution in [3.63, 3.8) is 0 Å². The first-order chi connectivity index (χ1) is 13.5. The van der Waals surface area contributed by atoms with Crippen molar-refractivity contribution in [2.75, 3.05) is 7.11 Å². The Bertz CT molecular complexity index is 1040. The van der Waals surface area contributed by atoms with Gasteiger partial charge in [0.1, 0.15) is 5.75 Å². The zero-order valence-electron chi connectivity index (χ0n) is 14.7. The van der Waals surface area contributed by atoms with E-state index in [0.717, 1.165) is 15.6 Å². The van der Waals surface area contributed by atoms with Crippen LogP contribution in [-0.2, 0) is 6.54 Å². The summed E-state index contributed by atoms with van der Waals surface area (Å²) >= 11 is 15.5. The number of amides is 1. The fourth-order valence-corrected chi connectivity index (χ4v) is 3.27. The third-order valence-corrected chi connectivity index (χ3v) is 4.86. The first-order valence-corrected chi connectivity index (χ1v) is 9.65. The molecule has 1 amide bonds. The highest BCUT2D eigenvalue weighted by atomic mass is 79.9. The van der Waals surface area contributed by atoms with Crippen molar-refractivity contribution in [3.05, 3.63) is 80.0 Å². The number of hydrazone groups is 1. The predicted octanol–water partition coefficient (Wildman–Crippen LogP) is 4.77. The minimum atomic E-state index is -0.425. The van der Waals surface area contributed by atoms with Gasteiger partial charge in [0.15, 0.2) is 5.69 Å². The largest absolute Gasteiger partial charge is 0.496 e. The first kappa shape index (κ1) is 20.4. The van der Waals surface area contributed by atoms with Crippen LogP contribution in [0.15, 0.2) is 58.2 Å². The summed E-state index contributed by atoms with van der Waals surface area (Å²) in [7, 11) is 1.57. The van der Waals surface area contributed by atoms with Crippen LogP contribution < -0.4 is 10.2 Å². The van der Waals surface area contributed by atoms with Crippen molar-refractivity contribution in [3.8, 4) is 5.75 Å². The molecule has 6 nitrogen and oxygen atoms in total. The Morgan fingerprint density at radius 1 is 1.29 bits per heavy atom. The summed E-state index contributed by atoms with van der Waals surface area (Å²) in [5.41, 5.74) is 4.26. The number of benzene rings is 2. The zero-order chi connectivity index (χ0) is 20.1. The molecule has 0 unspecified atom stereocenters. The molecular weight excluding hydrogens is 467 g/mol. The fraction of sp³-hybridized carbons (Fsp3) is 0.105. The smallest absolute Gasteiger partial charge is 0.291 e. The van der Waals surface area contributed by atoms with Crippen LogP contribution in [0.2, 0.25) is 10.0 Å². The van der Waals surface area contributed by atoms with Crippen LogP contribution in [0.3, 0.4) is 0 Å². The van der Waals surface area contributed by atoms with Crippen LogP contribution in [0.25, 0.3) is 0 Å². The van der Waals surface area contributed by atoms with Gasteiger partial charge in [0.25, 0.3) is 5.91 Å². The van der Waals surface area contributed by atoms with Gasteiger partial charge in [-0.2, -0.15) is 10.2 Å². The Morgan fingerprint density at radius 3 is 2.86 bits per heavy atom. The number of nitrogens with one attached hydrogen (secondary N) is 1. The number of carbonyl (C=O) groups excluding carboxylic acids is 1. The van der Waals surface area contributed by atoms with E-state index in [-0.39, 0.29) is 5.69 Å². The second-order valence-electron chi connectivity index (χ2n) is 5.72. The monoisotopic (exact) mass is 480 g/mol. The van der Waals surface area contributed by atoms with Gasteiger partial charge in [-0.25, -0.2) is 5.43 Å². The molecule has 0 saturated carbocycles. The van der Waals surface area contributed by atoms with Gasteiger partial charge in [0, 0.05) is 26.3 Å². The Kier molecular flexibility index (Phi) is 6.72. The van der Waals surface area contributed by atoms with E-state index in [9.17, 15) is 4.79 Å². The highest BCUT2D eigenvalue weighted by Gasteiger charge is 2.10. The minimum absolute atomic E-state index is 0.239. The van der Waals surface area contributed by atoms with Crippen molar-refractivity contribution >= 4 is 51.3 Å². The predicted molar refractivity (Wildman–Crippen MR) is 114 cm³/mol. The Labute approximate surface area is 180 Å². The van der Waals surface area contributed by atoms with E-state index in [0.29, 0.717) is 22.3 Å². The molecule has 0 aliphatic heterocycles. The number of rotatable bonds is 6. The highest BCUT2D eigenvalue weighted by Crippen LogP contribution is 2.22. The number of hydrogen-bond acceptors (Lipinski definition) is 4. The summed E-state index contributed by atoms with van der Waals surface area (Å²) < 4.78 is 7.75. The normalized spacial score (nSPS) is 11.0. The number of hydrogen-bond donors (Lipinski definition) is 1. The quantitative estimate of drug-likeness (QED) is 0.407.